The predicted molar refractivity (Wildman–Crippen MR) is 105 cm³/mol. The smallest absolute Gasteiger partial charge is 0.417 e. The Balaban J connectivity index is 2.00. The second kappa shape index (κ2) is 9.47. The molecule has 154 valence electrons. The van der Waals surface area contributed by atoms with Crippen molar-refractivity contribution >= 4 is 35.2 Å². The van der Waals surface area contributed by atoms with Crippen molar-refractivity contribution in [2.45, 2.75) is 6.18 Å². The summed E-state index contributed by atoms with van der Waals surface area (Å²) in [4.78, 5) is 25.4. The van der Waals surface area contributed by atoms with Gasteiger partial charge in [-0.1, -0.05) is 29.8 Å². The molecular formula is C20H18ClF3N2O3. The van der Waals surface area contributed by atoms with Crippen molar-refractivity contribution in [1.29, 1.82) is 0 Å². The van der Waals surface area contributed by atoms with Crippen LogP contribution in [0.25, 0.3) is 6.08 Å². The molecule has 0 bridgehead atoms. The van der Waals surface area contributed by atoms with Crippen LogP contribution in [0.2, 0.25) is 5.02 Å². The van der Waals surface area contributed by atoms with E-state index in [1.807, 2.05) is 0 Å². The topological polar surface area (TPSA) is 58.6 Å². The fraction of sp³-hybridized carbons (Fsp3) is 0.200. The Morgan fingerprint density at radius 2 is 1.90 bits per heavy atom. The normalized spacial score (nSPS) is 11.4. The molecule has 2 aromatic rings. The quantitative estimate of drug-likeness (QED) is 0.693. The lowest BCUT2D eigenvalue weighted by molar-refractivity contribution is -0.137. The maximum atomic E-state index is 12.9. The number of hydrogen-bond donors (Lipinski definition) is 1. The molecule has 9 heteroatoms. The van der Waals surface area contributed by atoms with E-state index in [1.54, 1.807) is 30.3 Å². The number of carbonyl (C=O) groups is 2. The number of nitrogens with zero attached hydrogens (tertiary/aromatic N) is 1. The van der Waals surface area contributed by atoms with Gasteiger partial charge in [-0.25, -0.2) is 0 Å². The first-order chi connectivity index (χ1) is 13.6. The summed E-state index contributed by atoms with van der Waals surface area (Å²) in [7, 11) is 2.91. The highest BCUT2D eigenvalue weighted by Crippen LogP contribution is 2.36. The number of benzene rings is 2. The average Bonchev–Trinajstić information content (AvgIpc) is 2.66. The molecule has 0 aliphatic carbocycles. The van der Waals surface area contributed by atoms with Gasteiger partial charge in [-0.05, 0) is 30.3 Å². The first-order valence-electron chi connectivity index (χ1n) is 8.34. The third-order valence-corrected chi connectivity index (χ3v) is 4.19. The standard InChI is InChI=1S/C20H18ClF3N2O3/c1-26(19(28)10-7-13-5-3-4-6-17(13)29-2)12-18(27)25-14-8-9-16(21)15(11-14)20(22,23)24/h3-11H,12H2,1-2H3,(H,25,27)/b10-7+. The fourth-order valence-corrected chi connectivity index (χ4v) is 2.63. The number of halogens is 4. The molecule has 29 heavy (non-hydrogen) atoms. The van der Waals surface area contributed by atoms with Crippen LogP contribution < -0.4 is 10.1 Å². The average molecular weight is 427 g/mol. The van der Waals surface area contributed by atoms with Gasteiger partial charge in [-0.3, -0.25) is 9.59 Å². The monoisotopic (exact) mass is 426 g/mol. The summed E-state index contributed by atoms with van der Waals surface area (Å²) >= 11 is 5.55. The lowest BCUT2D eigenvalue weighted by Crippen LogP contribution is -2.33. The first kappa shape index (κ1) is 22.3. The second-order valence-electron chi connectivity index (χ2n) is 6.01. The van der Waals surface area contributed by atoms with E-state index < -0.39 is 28.6 Å². The second-order valence-corrected chi connectivity index (χ2v) is 6.42. The highest BCUT2D eigenvalue weighted by molar-refractivity contribution is 6.31. The van der Waals surface area contributed by atoms with Crippen molar-refractivity contribution in [3.05, 3.63) is 64.7 Å². The molecule has 0 aliphatic heterocycles. The van der Waals surface area contributed by atoms with Crippen LogP contribution in [0.5, 0.6) is 5.75 Å². The highest BCUT2D eigenvalue weighted by Gasteiger charge is 2.33. The van der Waals surface area contributed by atoms with Crippen LogP contribution in [0.1, 0.15) is 11.1 Å². The predicted octanol–water partition coefficient (Wildman–Crippen LogP) is 4.48. The molecule has 1 N–H and O–H groups in total. The molecule has 0 aliphatic rings. The molecule has 2 aromatic carbocycles. The molecule has 0 saturated heterocycles. The number of anilines is 1. The minimum Gasteiger partial charge on any atom is -0.496 e. The van der Waals surface area contributed by atoms with Crippen molar-refractivity contribution in [3.8, 4) is 5.75 Å². The minimum atomic E-state index is -4.64. The van der Waals surface area contributed by atoms with Crippen LogP contribution in [0, 0.1) is 0 Å². The third-order valence-electron chi connectivity index (χ3n) is 3.86. The van der Waals surface area contributed by atoms with Crippen molar-refractivity contribution in [2.24, 2.45) is 0 Å². The van der Waals surface area contributed by atoms with E-state index in [2.05, 4.69) is 5.32 Å². The van der Waals surface area contributed by atoms with Crippen LogP contribution in [0.15, 0.2) is 48.5 Å². The summed E-state index contributed by atoms with van der Waals surface area (Å²) in [5.41, 5.74) is -0.444. The SMILES string of the molecule is COc1ccccc1/C=C/C(=O)N(C)CC(=O)Nc1ccc(Cl)c(C(F)(F)F)c1. The molecule has 0 radical (unpaired) electrons. The van der Waals surface area contributed by atoms with E-state index in [0.717, 1.165) is 17.0 Å². The molecule has 0 spiro atoms. The maximum Gasteiger partial charge on any atom is 0.417 e. The molecule has 0 unspecified atom stereocenters. The number of hydrogen-bond acceptors (Lipinski definition) is 3. The van der Waals surface area contributed by atoms with Crippen LogP contribution in [-0.4, -0.2) is 37.4 Å². The number of rotatable bonds is 6. The van der Waals surface area contributed by atoms with E-state index in [4.69, 9.17) is 16.3 Å². The zero-order valence-corrected chi connectivity index (χ0v) is 16.3. The van der Waals surface area contributed by atoms with Crippen LogP contribution in [-0.2, 0) is 15.8 Å². The van der Waals surface area contributed by atoms with Gasteiger partial charge in [-0.15, -0.1) is 0 Å². The van der Waals surface area contributed by atoms with Crippen molar-refractivity contribution in [1.82, 2.24) is 4.90 Å². The van der Waals surface area contributed by atoms with Crippen molar-refractivity contribution in [2.75, 3.05) is 26.0 Å². The summed E-state index contributed by atoms with van der Waals surface area (Å²) in [5, 5.41) is 1.86. The molecule has 2 rings (SSSR count). The van der Waals surface area contributed by atoms with E-state index in [9.17, 15) is 22.8 Å². The lowest BCUT2D eigenvalue weighted by atomic mass is 10.2. The molecule has 0 heterocycles. The lowest BCUT2D eigenvalue weighted by Gasteiger charge is -2.16. The van der Waals surface area contributed by atoms with Gasteiger partial charge in [0.25, 0.3) is 0 Å². The number of likely N-dealkylation sites (N-methyl/N-ethyl adjacent to an activating group) is 1. The van der Waals surface area contributed by atoms with Gasteiger partial charge in [-0.2, -0.15) is 13.2 Å². The summed E-state index contributed by atoms with van der Waals surface area (Å²) in [6, 6.07) is 10.1. The number of amides is 2. The van der Waals surface area contributed by atoms with Crippen LogP contribution in [0.4, 0.5) is 18.9 Å². The highest BCUT2D eigenvalue weighted by atomic mass is 35.5. The van der Waals surface area contributed by atoms with Gasteiger partial charge in [0.05, 0.1) is 24.2 Å². The number of alkyl halides is 3. The largest absolute Gasteiger partial charge is 0.496 e. The molecule has 0 aromatic heterocycles. The molecule has 0 fully saturated rings. The Kier molecular flexibility index (Phi) is 7.28. The summed E-state index contributed by atoms with van der Waals surface area (Å²) in [6.07, 6.45) is -1.83. The number of methoxy groups -OCH3 is 1. The zero-order valence-electron chi connectivity index (χ0n) is 15.6. The molecule has 0 atom stereocenters. The third kappa shape index (κ3) is 6.25. The van der Waals surface area contributed by atoms with Gasteiger partial charge in [0.2, 0.25) is 11.8 Å². The van der Waals surface area contributed by atoms with E-state index in [1.165, 1.54) is 26.3 Å². The zero-order chi connectivity index (χ0) is 21.6. The van der Waals surface area contributed by atoms with E-state index in [-0.39, 0.29) is 12.2 Å². The molecule has 0 saturated carbocycles. The van der Waals surface area contributed by atoms with Crippen molar-refractivity contribution < 1.29 is 27.5 Å². The Hall–Kier alpha value is -3.00. The molecule has 5 nitrogen and oxygen atoms in total. The summed E-state index contributed by atoms with van der Waals surface area (Å²) in [5.74, 6) is -0.528. The first-order valence-corrected chi connectivity index (χ1v) is 8.72. The van der Waals surface area contributed by atoms with E-state index in [0.29, 0.717) is 11.3 Å². The van der Waals surface area contributed by atoms with Gasteiger partial charge >= 0.3 is 6.18 Å². The van der Waals surface area contributed by atoms with Gasteiger partial charge < -0.3 is 15.0 Å². The Labute approximate surface area is 170 Å². The van der Waals surface area contributed by atoms with E-state index >= 15 is 0 Å². The van der Waals surface area contributed by atoms with Crippen LogP contribution >= 0.6 is 11.6 Å². The Bertz CT molecular complexity index is 929. The number of nitrogens with one attached hydrogen (secondary N) is 1. The number of para-hydroxylation sites is 1. The summed E-state index contributed by atoms with van der Waals surface area (Å²) in [6.45, 7) is -0.348. The minimum absolute atomic E-state index is 0.0721. The Morgan fingerprint density at radius 1 is 1.21 bits per heavy atom. The number of carbonyl (C=O) groups excluding carboxylic acids is 2. The molecular weight excluding hydrogens is 409 g/mol. The number of ether oxygens (including phenoxy) is 1. The van der Waals surface area contributed by atoms with Crippen molar-refractivity contribution in [3.63, 3.8) is 0 Å². The maximum absolute atomic E-state index is 12.9. The van der Waals surface area contributed by atoms with Gasteiger partial charge in [0.1, 0.15) is 5.75 Å². The fourth-order valence-electron chi connectivity index (χ4n) is 2.41. The van der Waals surface area contributed by atoms with Gasteiger partial charge in [0, 0.05) is 24.4 Å². The Morgan fingerprint density at radius 3 is 2.55 bits per heavy atom. The van der Waals surface area contributed by atoms with Crippen LogP contribution in [0.3, 0.4) is 0 Å². The van der Waals surface area contributed by atoms with Gasteiger partial charge in [0.15, 0.2) is 0 Å². The molecule has 2 amide bonds. The summed E-state index contributed by atoms with van der Waals surface area (Å²) < 4.78 is 43.9.